The maximum Gasteiger partial charge on any atom is 0.251 e. The van der Waals surface area contributed by atoms with Crippen molar-refractivity contribution in [3.8, 4) is 11.3 Å². The maximum atomic E-state index is 12.2. The van der Waals surface area contributed by atoms with Gasteiger partial charge in [-0.3, -0.25) is 4.79 Å². The van der Waals surface area contributed by atoms with Gasteiger partial charge in [0.15, 0.2) is 0 Å². The van der Waals surface area contributed by atoms with Crippen molar-refractivity contribution in [1.82, 2.24) is 15.3 Å². The zero-order valence-electron chi connectivity index (χ0n) is 12.2. The molecule has 6 heteroatoms. The Hall–Kier alpha value is -2.47. The molecule has 2 aromatic rings. The van der Waals surface area contributed by atoms with Crippen LogP contribution in [0.4, 0.5) is 5.82 Å². The van der Waals surface area contributed by atoms with E-state index in [2.05, 4.69) is 15.3 Å². The molecule has 0 spiro atoms. The molecular formula is C16H18N4O2. The number of amides is 1. The molecule has 0 unspecified atom stereocenters. The Morgan fingerprint density at radius 1 is 1.18 bits per heavy atom. The van der Waals surface area contributed by atoms with Crippen molar-refractivity contribution in [2.24, 2.45) is 0 Å². The molecule has 2 heterocycles. The number of carbonyl (C=O) groups excluding carboxylic acids is 1. The lowest BCUT2D eigenvalue weighted by Crippen LogP contribution is -2.38. The highest BCUT2D eigenvalue weighted by molar-refractivity contribution is 5.94. The van der Waals surface area contributed by atoms with Crippen LogP contribution >= 0.6 is 0 Å². The van der Waals surface area contributed by atoms with Crippen LogP contribution in [-0.2, 0) is 4.74 Å². The van der Waals surface area contributed by atoms with Gasteiger partial charge in [0.05, 0.1) is 5.69 Å². The molecule has 3 rings (SSSR count). The van der Waals surface area contributed by atoms with Crippen LogP contribution in [0.25, 0.3) is 11.3 Å². The summed E-state index contributed by atoms with van der Waals surface area (Å²) < 4.78 is 5.29. The van der Waals surface area contributed by atoms with E-state index in [0.29, 0.717) is 24.6 Å². The molecule has 0 radical (unpaired) electrons. The third kappa shape index (κ3) is 3.40. The van der Waals surface area contributed by atoms with Gasteiger partial charge in [-0.15, -0.1) is 0 Å². The van der Waals surface area contributed by atoms with Gasteiger partial charge < -0.3 is 15.8 Å². The molecular weight excluding hydrogens is 280 g/mol. The first kappa shape index (κ1) is 14.5. The quantitative estimate of drug-likeness (QED) is 0.899. The van der Waals surface area contributed by atoms with Gasteiger partial charge in [-0.2, -0.15) is 0 Å². The van der Waals surface area contributed by atoms with Crippen LogP contribution in [-0.4, -0.2) is 35.1 Å². The molecule has 1 aromatic heterocycles. The van der Waals surface area contributed by atoms with Gasteiger partial charge >= 0.3 is 0 Å². The number of aromatic nitrogens is 2. The molecule has 114 valence electrons. The fourth-order valence-electron chi connectivity index (χ4n) is 2.43. The number of anilines is 1. The number of ether oxygens (including phenoxy) is 1. The Morgan fingerprint density at radius 2 is 1.91 bits per heavy atom. The largest absolute Gasteiger partial charge is 0.384 e. The molecule has 0 saturated carbocycles. The van der Waals surface area contributed by atoms with Crippen LogP contribution in [0.1, 0.15) is 23.2 Å². The molecule has 1 saturated heterocycles. The van der Waals surface area contributed by atoms with E-state index in [9.17, 15) is 4.79 Å². The van der Waals surface area contributed by atoms with Crippen molar-refractivity contribution in [2.75, 3.05) is 18.9 Å². The summed E-state index contributed by atoms with van der Waals surface area (Å²) in [6.07, 6.45) is 3.16. The highest BCUT2D eigenvalue weighted by atomic mass is 16.5. The van der Waals surface area contributed by atoms with Crippen molar-refractivity contribution in [3.05, 3.63) is 42.2 Å². The summed E-state index contributed by atoms with van der Waals surface area (Å²) in [5.41, 5.74) is 7.93. The van der Waals surface area contributed by atoms with Crippen molar-refractivity contribution < 1.29 is 9.53 Å². The van der Waals surface area contributed by atoms with Crippen molar-refractivity contribution in [3.63, 3.8) is 0 Å². The number of nitrogens with two attached hydrogens (primary N) is 1. The zero-order valence-corrected chi connectivity index (χ0v) is 12.2. The van der Waals surface area contributed by atoms with E-state index in [-0.39, 0.29) is 11.9 Å². The van der Waals surface area contributed by atoms with Gasteiger partial charge in [0.1, 0.15) is 12.1 Å². The van der Waals surface area contributed by atoms with Crippen LogP contribution < -0.4 is 11.1 Å². The van der Waals surface area contributed by atoms with E-state index in [1.165, 1.54) is 6.33 Å². The van der Waals surface area contributed by atoms with Gasteiger partial charge in [-0.25, -0.2) is 9.97 Å². The minimum Gasteiger partial charge on any atom is -0.384 e. The summed E-state index contributed by atoms with van der Waals surface area (Å²) in [5.74, 6) is 0.368. The molecule has 1 aromatic carbocycles. The molecule has 0 aliphatic carbocycles. The highest BCUT2D eigenvalue weighted by Crippen LogP contribution is 2.18. The van der Waals surface area contributed by atoms with E-state index in [0.717, 1.165) is 24.1 Å². The van der Waals surface area contributed by atoms with Gasteiger partial charge in [0.25, 0.3) is 5.91 Å². The van der Waals surface area contributed by atoms with Gasteiger partial charge in [-0.1, -0.05) is 12.1 Å². The summed E-state index contributed by atoms with van der Waals surface area (Å²) >= 11 is 0. The summed E-state index contributed by atoms with van der Waals surface area (Å²) in [5, 5.41) is 3.04. The summed E-state index contributed by atoms with van der Waals surface area (Å²) in [4.78, 5) is 20.3. The lowest BCUT2D eigenvalue weighted by atomic mass is 10.1. The molecule has 6 nitrogen and oxygen atoms in total. The van der Waals surface area contributed by atoms with Crippen LogP contribution in [0.15, 0.2) is 36.7 Å². The first-order chi connectivity index (χ1) is 10.7. The number of nitrogens with zero attached hydrogens (tertiary/aromatic N) is 2. The number of hydrogen-bond donors (Lipinski definition) is 2. The zero-order chi connectivity index (χ0) is 15.4. The lowest BCUT2D eigenvalue weighted by Gasteiger charge is -2.23. The van der Waals surface area contributed by atoms with Crippen LogP contribution in [0, 0.1) is 0 Å². The Labute approximate surface area is 128 Å². The topological polar surface area (TPSA) is 90.1 Å². The number of carbonyl (C=O) groups is 1. The number of hydrogen-bond acceptors (Lipinski definition) is 5. The van der Waals surface area contributed by atoms with E-state index in [4.69, 9.17) is 10.5 Å². The van der Waals surface area contributed by atoms with Gasteiger partial charge in [0, 0.05) is 36.4 Å². The Morgan fingerprint density at radius 3 is 2.59 bits per heavy atom. The molecule has 0 atom stereocenters. The lowest BCUT2D eigenvalue weighted by molar-refractivity contribution is 0.0696. The van der Waals surface area contributed by atoms with E-state index in [1.807, 2.05) is 12.1 Å². The SMILES string of the molecule is Nc1cc(-c2ccc(C(=O)NC3CCOCC3)cc2)ncn1. The highest BCUT2D eigenvalue weighted by Gasteiger charge is 2.16. The maximum absolute atomic E-state index is 12.2. The third-order valence-corrected chi connectivity index (χ3v) is 3.69. The van der Waals surface area contributed by atoms with E-state index >= 15 is 0 Å². The van der Waals surface area contributed by atoms with Crippen LogP contribution in [0.3, 0.4) is 0 Å². The number of nitrogens with one attached hydrogen (secondary N) is 1. The minimum atomic E-state index is -0.0550. The second kappa shape index (κ2) is 6.53. The molecule has 22 heavy (non-hydrogen) atoms. The second-order valence-electron chi connectivity index (χ2n) is 5.27. The molecule has 0 bridgehead atoms. The Balaban J connectivity index is 1.69. The van der Waals surface area contributed by atoms with Crippen LogP contribution in [0.2, 0.25) is 0 Å². The number of benzene rings is 1. The van der Waals surface area contributed by atoms with Crippen LogP contribution in [0.5, 0.6) is 0 Å². The molecule has 3 N–H and O–H groups in total. The monoisotopic (exact) mass is 298 g/mol. The smallest absolute Gasteiger partial charge is 0.251 e. The minimum absolute atomic E-state index is 0.0550. The predicted molar refractivity (Wildman–Crippen MR) is 83.2 cm³/mol. The molecule has 1 amide bonds. The number of nitrogen functional groups attached to an aromatic ring is 1. The van der Waals surface area contributed by atoms with Gasteiger partial charge in [0.2, 0.25) is 0 Å². The fourth-order valence-corrected chi connectivity index (χ4v) is 2.43. The molecule has 1 aliphatic rings. The summed E-state index contributed by atoms with van der Waals surface area (Å²) in [6.45, 7) is 1.41. The second-order valence-corrected chi connectivity index (χ2v) is 5.27. The van der Waals surface area contributed by atoms with Crippen molar-refractivity contribution >= 4 is 11.7 Å². The average molecular weight is 298 g/mol. The van der Waals surface area contributed by atoms with Gasteiger partial charge in [-0.05, 0) is 25.0 Å². The fraction of sp³-hybridized carbons (Fsp3) is 0.312. The first-order valence-electron chi connectivity index (χ1n) is 7.29. The standard InChI is InChI=1S/C16H18N4O2/c17-15-9-14(18-10-19-15)11-1-3-12(4-2-11)16(21)20-13-5-7-22-8-6-13/h1-4,9-10,13H,5-8H2,(H,20,21)(H2,17,18,19). The average Bonchev–Trinajstić information content (AvgIpc) is 2.56. The predicted octanol–water partition coefficient (Wildman–Crippen LogP) is 1.63. The van der Waals surface area contributed by atoms with Crippen molar-refractivity contribution in [1.29, 1.82) is 0 Å². The normalized spacial score (nSPS) is 15.5. The first-order valence-corrected chi connectivity index (χ1v) is 7.29. The Bertz CT molecular complexity index is 651. The third-order valence-electron chi connectivity index (χ3n) is 3.69. The van der Waals surface area contributed by atoms with E-state index < -0.39 is 0 Å². The summed E-state index contributed by atoms with van der Waals surface area (Å²) in [7, 11) is 0. The molecule has 1 aliphatic heterocycles. The number of rotatable bonds is 3. The summed E-state index contributed by atoms with van der Waals surface area (Å²) in [6, 6.07) is 9.21. The Kier molecular flexibility index (Phi) is 4.29. The van der Waals surface area contributed by atoms with Crippen molar-refractivity contribution in [2.45, 2.75) is 18.9 Å². The van der Waals surface area contributed by atoms with E-state index in [1.54, 1.807) is 18.2 Å². The molecule has 1 fully saturated rings.